The first-order chi connectivity index (χ1) is 9.61. The highest BCUT2D eigenvalue weighted by Crippen LogP contribution is 2.28. The van der Waals surface area contributed by atoms with E-state index in [1.54, 1.807) is 0 Å². The second-order valence-corrected chi connectivity index (χ2v) is 4.59. The van der Waals surface area contributed by atoms with Crippen molar-refractivity contribution >= 4 is 11.2 Å². The van der Waals surface area contributed by atoms with E-state index in [4.69, 9.17) is 9.84 Å². The Bertz CT molecular complexity index is 570. The van der Waals surface area contributed by atoms with Crippen molar-refractivity contribution in [1.82, 2.24) is 19.7 Å². The molecule has 2 aromatic rings. The third-order valence-electron chi connectivity index (χ3n) is 3.30. The summed E-state index contributed by atoms with van der Waals surface area (Å²) < 4.78 is 6.65. The molecule has 1 aliphatic heterocycles. The van der Waals surface area contributed by atoms with Crippen molar-refractivity contribution in [3.05, 3.63) is 18.6 Å². The van der Waals surface area contributed by atoms with E-state index >= 15 is 0 Å². The maximum absolute atomic E-state index is 9.98. The topological polar surface area (TPSA) is 134 Å². The molecule has 0 unspecified atom stereocenters. The third-order valence-corrected chi connectivity index (χ3v) is 3.30. The second-order valence-electron chi connectivity index (χ2n) is 4.59. The molecular formula is C11H14N4O5. The molecule has 2 aromatic heterocycles. The summed E-state index contributed by atoms with van der Waals surface area (Å²) in [5.41, 5.74) is 0.869. The van der Waals surface area contributed by atoms with Gasteiger partial charge < -0.3 is 25.2 Å². The number of ether oxygens (including phenoxy) is 1. The summed E-state index contributed by atoms with van der Waals surface area (Å²) in [6.07, 6.45) is -1.76. The minimum atomic E-state index is -1.45. The van der Waals surface area contributed by atoms with Gasteiger partial charge in [-0.25, -0.2) is 14.6 Å². The van der Waals surface area contributed by atoms with Gasteiger partial charge in [0.1, 0.15) is 29.9 Å². The van der Waals surface area contributed by atoms with Crippen LogP contribution in [0.5, 0.6) is 0 Å². The third kappa shape index (κ3) is 2.05. The van der Waals surface area contributed by atoms with Gasteiger partial charge in [0.05, 0.1) is 12.8 Å². The van der Waals surface area contributed by atoms with Crippen molar-refractivity contribution in [2.75, 3.05) is 6.61 Å². The number of aromatic nitrogens is 4. The molecule has 1 fully saturated rings. The first kappa shape index (κ1) is 13.3. The lowest BCUT2D eigenvalue weighted by atomic mass is 9.98. The number of nitrogens with zero attached hydrogens (tertiary/aromatic N) is 4. The van der Waals surface area contributed by atoms with E-state index in [0.717, 1.165) is 0 Å². The Balaban J connectivity index is 1.95. The van der Waals surface area contributed by atoms with Crippen LogP contribution in [0, 0.1) is 0 Å². The number of rotatable bonds is 2. The normalized spacial score (nSPS) is 34.5. The summed E-state index contributed by atoms with van der Waals surface area (Å²) in [5.74, 6) is 0. The molecule has 0 bridgehead atoms. The van der Waals surface area contributed by atoms with E-state index in [2.05, 4.69) is 15.1 Å². The number of aliphatic hydroxyl groups is 4. The average molecular weight is 282 g/mol. The van der Waals surface area contributed by atoms with Gasteiger partial charge in [-0.15, -0.1) is 5.10 Å². The van der Waals surface area contributed by atoms with Gasteiger partial charge in [0, 0.05) is 12.4 Å². The van der Waals surface area contributed by atoms with Gasteiger partial charge in [0.2, 0.25) is 0 Å². The highest BCUT2D eigenvalue weighted by molar-refractivity contribution is 5.67. The fraction of sp³-hybridized carbons (Fsp3) is 0.545. The van der Waals surface area contributed by atoms with Crippen LogP contribution in [0.15, 0.2) is 18.6 Å². The minimum Gasteiger partial charge on any atom is -0.394 e. The summed E-state index contributed by atoms with van der Waals surface area (Å²) in [6, 6.07) is 0. The zero-order valence-electron chi connectivity index (χ0n) is 10.3. The highest BCUT2D eigenvalue weighted by atomic mass is 16.6. The van der Waals surface area contributed by atoms with E-state index < -0.39 is 37.3 Å². The molecule has 3 rings (SSSR count). The quantitative estimate of drug-likeness (QED) is 0.487. The van der Waals surface area contributed by atoms with Crippen molar-refractivity contribution in [3.8, 4) is 0 Å². The maximum atomic E-state index is 9.98. The van der Waals surface area contributed by atoms with E-state index in [1.165, 1.54) is 23.3 Å². The van der Waals surface area contributed by atoms with Crippen molar-refractivity contribution in [3.63, 3.8) is 0 Å². The molecule has 1 saturated heterocycles. The van der Waals surface area contributed by atoms with E-state index in [-0.39, 0.29) is 0 Å². The Hall–Kier alpha value is -1.65. The van der Waals surface area contributed by atoms with Crippen LogP contribution < -0.4 is 0 Å². The van der Waals surface area contributed by atoms with Crippen LogP contribution in [0.25, 0.3) is 11.2 Å². The van der Waals surface area contributed by atoms with Crippen LogP contribution in [0.4, 0.5) is 0 Å². The van der Waals surface area contributed by atoms with E-state index in [0.29, 0.717) is 11.2 Å². The molecule has 3 heterocycles. The zero-order chi connectivity index (χ0) is 14.3. The fourth-order valence-electron chi connectivity index (χ4n) is 2.20. The molecule has 0 radical (unpaired) electrons. The first-order valence-electron chi connectivity index (χ1n) is 6.08. The lowest BCUT2D eigenvalue weighted by Crippen LogP contribution is -2.56. The lowest BCUT2D eigenvalue weighted by Gasteiger charge is -2.39. The van der Waals surface area contributed by atoms with Gasteiger partial charge in [-0.1, -0.05) is 0 Å². The van der Waals surface area contributed by atoms with Crippen LogP contribution in [0.3, 0.4) is 0 Å². The molecular weight excluding hydrogens is 268 g/mol. The number of fused-ring (bicyclic) bond motifs is 1. The van der Waals surface area contributed by atoms with Crippen LogP contribution >= 0.6 is 0 Å². The molecule has 9 nitrogen and oxygen atoms in total. The standard InChI is InChI=1S/C11H14N4O5/c16-4-6-7(17)8(18)9(19)11(20-6)15-3-5-10(14-15)13-2-1-12-5/h1-3,6-9,11,16-19H,4H2/t6-,7-,8+,9-,11-/m1/s1. The lowest BCUT2D eigenvalue weighted by molar-refractivity contribution is -0.253. The number of hydrogen-bond acceptors (Lipinski definition) is 8. The summed E-state index contributed by atoms with van der Waals surface area (Å²) in [5, 5.41) is 42.7. The van der Waals surface area contributed by atoms with Crippen molar-refractivity contribution in [1.29, 1.82) is 0 Å². The van der Waals surface area contributed by atoms with Crippen LogP contribution in [0.1, 0.15) is 6.23 Å². The smallest absolute Gasteiger partial charge is 0.199 e. The molecule has 5 atom stereocenters. The number of hydrogen-bond donors (Lipinski definition) is 4. The molecule has 0 spiro atoms. The van der Waals surface area contributed by atoms with Gasteiger partial charge in [-0.3, -0.25) is 0 Å². The Kier molecular flexibility index (Phi) is 3.36. The van der Waals surface area contributed by atoms with Gasteiger partial charge in [-0.2, -0.15) is 0 Å². The molecule has 0 saturated carbocycles. The number of aliphatic hydroxyl groups excluding tert-OH is 4. The Morgan fingerprint density at radius 1 is 1.10 bits per heavy atom. The van der Waals surface area contributed by atoms with Crippen LogP contribution in [0.2, 0.25) is 0 Å². The highest BCUT2D eigenvalue weighted by Gasteiger charge is 2.44. The van der Waals surface area contributed by atoms with Gasteiger partial charge in [-0.05, 0) is 0 Å². The Morgan fingerprint density at radius 3 is 2.55 bits per heavy atom. The summed E-state index contributed by atoms with van der Waals surface area (Å²) in [6.45, 7) is -0.487. The molecule has 20 heavy (non-hydrogen) atoms. The zero-order valence-corrected chi connectivity index (χ0v) is 10.3. The van der Waals surface area contributed by atoms with Crippen molar-refractivity contribution < 1.29 is 25.2 Å². The van der Waals surface area contributed by atoms with E-state index in [9.17, 15) is 15.3 Å². The van der Waals surface area contributed by atoms with Crippen LogP contribution in [-0.2, 0) is 4.74 Å². The van der Waals surface area contributed by atoms with Crippen LogP contribution in [-0.4, -0.2) is 71.2 Å². The largest absolute Gasteiger partial charge is 0.394 e. The average Bonchev–Trinajstić information content (AvgIpc) is 2.89. The summed E-state index contributed by atoms with van der Waals surface area (Å²) >= 11 is 0. The van der Waals surface area contributed by atoms with Gasteiger partial charge >= 0.3 is 0 Å². The molecule has 1 aliphatic rings. The minimum absolute atomic E-state index is 0.365. The molecule has 108 valence electrons. The van der Waals surface area contributed by atoms with Crippen molar-refractivity contribution in [2.45, 2.75) is 30.6 Å². The van der Waals surface area contributed by atoms with Crippen molar-refractivity contribution in [2.24, 2.45) is 0 Å². The molecule has 9 heteroatoms. The predicted octanol–water partition coefficient (Wildman–Crippen LogP) is -2.20. The molecule has 4 N–H and O–H groups in total. The van der Waals surface area contributed by atoms with Gasteiger partial charge in [0.15, 0.2) is 11.9 Å². The Morgan fingerprint density at radius 2 is 1.85 bits per heavy atom. The fourth-order valence-corrected chi connectivity index (χ4v) is 2.20. The Labute approximate surface area is 113 Å². The summed E-state index contributed by atoms with van der Waals surface area (Å²) in [7, 11) is 0. The SMILES string of the molecule is OC[C@H]1O[C@@H](n2cc3nccnc3n2)[C@H](O)[C@@H](O)[C@@H]1O. The summed E-state index contributed by atoms with van der Waals surface area (Å²) in [4.78, 5) is 8.05. The maximum Gasteiger partial charge on any atom is 0.199 e. The van der Waals surface area contributed by atoms with E-state index in [1.807, 2.05) is 0 Å². The molecule has 0 amide bonds. The predicted molar refractivity (Wildman–Crippen MR) is 64.3 cm³/mol. The monoisotopic (exact) mass is 282 g/mol. The first-order valence-corrected chi connectivity index (χ1v) is 6.08. The second kappa shape index (κ2) is 5.04. The van der Waals surface area contributed by atoms with Gasteiger partial charge in [0.25, 0.3) is 0 Å². The molecule has 0 aromatic carbocycles. The molecule has 0 aliphatic carbocycles.